The number of aliphatic hydroxyl groups is 1. The van der Waals surface area contributed by atoms with Crippen LogP contribution in [0.4, 0.5) is 18.9 Å². The number of benzene rings is 2. The first-order valence-corrected chi connectivity index (χ1v) is 9.40. The second-order valence-corrected chi connectivity index (χ2v) is 7.34. The van der Waals surface area contributed by atoms with Crippen molar-refractivity contribution in [3.63, 3.8) is 0 Å². The van der Waals surface area contributed by atoms with E-state index in [0.29, 0.717) is 5.39 Å². The molecule has 1 heterocycles. The molecule has 1 aromatic heterocycles. The minimum atomic E-state index is -4.50. The molecule has 0 radical (unpaired) electrons. The van der Waals surface area contributed by atoms with Crippen molar-refractivity contribution < 1.29 is 23.1 Å². The number of anilines is 1. The molecule has 0 fully saturated rings. The highest BCUT2D eigenvalue weighted by atomic mass is 35.5. The van der Waals surface area contributed by atoms with E-state index in [-0.39, 0.29) is 40.2 Å². The number of aliphatic hydroxyl groups excluding tert-OH is 1. The maximum Gasteiger partial charge on any atom is 0.416 e. The van der Waals surface area contributed by atoms with Gasteiger partial charge in [-0.05, 0) is 36.8 Å². The molecular formula is C21H18ClF3N2O3. The van der Waals surface area contributed by atoms with E-state index in [4.69, 9.17) is 11.6 Å². The highest BCUT2D eigenvalue weighted by molar-refractivity contribution is 6.35. The van der Waals surface area contributed by atoms with E-state index in [2.05, 4.69) is 5.32 Å². The summed E-state index contributed by atoms with van der Waals surface area (Å²) in [4.78, 5) is 25.1. The maximum atomic E-state index is 12.9. The van der Waals surface area contributed by atoms with Crippen molar-refractivity contribution in [1.29, 1.82) is 0 Å². The van der Waals surface area contributed by atoms with E-state index in [9.17, 15) is 27.9 Å². The number of carbonyl (C=O) groups excluding carboxylic acids is 1. The Hall–Kier alpha value is -2.84. The molecule has 0 aliphatic rings. The van der Waals surface area contributed by atoms with E-state index in [1.54, 1.807) is 13.0 Å². The van der Waals surface area contributed by atoms with Crippen molar-refractivity contribution in [2.24, 2.45) is 0 Å². The van der Waals surface area contributed by atoms with Gasteiger partial charge in [-0.1, -0.05) is 29.8 Å². The van der Waals surface area contributed by atoms with Gasteiger partial charge in [0.05, 0.1) is 35.3 Å². The van der Waals surface area contributed by atoms with Crippen LogP contribution in [0.25, 0.3) is 10.8 Å². The number of rotatable bonds is 5. The first kappa shape index (κ1) is 21.9. The number of halogens is 4. The highest BCUT2D eigenvalue weighted by Crippen LogP contribution is 2.31. The molecule has 0 saturated carbocycles. The van der Waals surface area contributed by atoms with Crippen LogP contribution in [-0.4, -0.2) is 21.7 Å². The number of fused-ring (bicyclic) bond motifs is 1. The average Bonchev–Trinajstić information content (AvgIpc) is 2.65. The first-order valence-electron chi connectivity index (χ1n) is 9.02. The third kappa shape index (κ3) is 4.83. The molecule has 2 N–H and O–H groups in total. The number of nitrogens with one attached hydrogen (secondary N) is 1. The van der Waals surface area contributed by atoms with Gasteiger partial charge in [0.15, 0.2) is 0 Å². The summed E-state index contributed by atoms with van der Waals surface area (Å²) >= 11 is 6.20. The topological polar surface area (TPSA) is 71.3 Å². The number of amides is 1. The van der Waals surface area contributed by atoms with Crippen molar-refractivity contribution in [2.75, 3.05) is 5.32 Å². The van der Waals surface area contributed by atoms with Crippen molar-refractivity contribution in [1.82, 2.24) is 4.57 Å². The molecule has 1 amide bonds. The molecule has 3 rings (SSSR count). The molecule has 5 nitrogen and oxygen atoms in total. The van der Waals surface area contributed by atoms with Crippen molar-refractivity contribution in [3.8, 4) is 0 Å². The lowest BCUT2D eigenvalue weighted by Gasteiger charge is -2.14. The van der Waals surface area contributed by atoms with E-state index < -0.39 is 23.8 Å². The van der Waals surface area contributed by atoms with Gasteiger partial charge >= 0.3 is 6.18 Å². The molecule has 2 aromatic carbocycles. The fourth-order valence-electron chi connectivity index (χ4n) is 3.12. The van der Waals surface area contributed by atoms with Crippen LogP contribution in [0, 0.1) is 0 Å². The van der Waals surface area contributed by atoms with Gasteiger partial charge in [0, 0.05) is 17.0 Å². The van der Waals surface area contributed by atoms with Crippen LogP contribution < -0.4 is 10.9 Å². The molecule has 9 heteroatoms. The summed E-state index contributed by atoms with van der Waals surface area (Å²) in [5.41, 5.74) is -0.807. The van der Waals surface area contributed by atoms with Crippen LogP contribution in [0.5, 0.6) is 0 Å². The van der Waals surface area contributed by atoms with Gasteiger partial charge in [0.2, 0.25) is 5.91 Å². The summed E-state index contributed by atoms with van der Waals surface area (Å²) in [6.07, 6.45) is -4.04. The summed E-state index contributed by atoms with van der Waals surface area (Å²) in [6, 6.07) is 9.07. The molecule has 3 aromatic rings. The number of aromatic nitrogens is 1. The van der Waals surface area contributed by atoms with Gasteiger partial charge in [-0.3, -0.25) is 9.59 Å². The van der Waals surface area contributed by atoms with Gasteiger partial charge in [0.25, 0.3) is 5.56 Å². The first-order chi connectivity index (χ1) is 14.1. The van der Waals surface area contributed by atoms with Crippen molar-refractivity contribution >= 4 is 34.0 Å². The zero-order valence-electron chi connectivity index (χ0n) is 15.8. The monoisotopic (exact) mass is 438 g/mol. The summed E-state index contributed by atoms with van der Waals surface area (Å²) < 4.78 is 39.9. The number of nitrogens with zero attached hydrogens (tertiary/aromatic N) is 1. The van der Waals surface area contributed by atoms with Gasteiger partial charge in [-0.25, -0.2) is 0 Å². The minimum Gasteiger partial charge on any atom is -0.392 e. The highest BCUT2D eigenvalue weighted by Gasteiger charge is 2.30. The van der Waals surface area contributed by atoms with Crippen LogP contribution >= 0.6 is 11.6 Å². The Morgan fingerprint density at radius 3 is 2.60 bits per heavy atom. The number of carbonyl (C=O) groups is 1. The van der Waals surface area contributed by atoms with Crippen LogP contribution in [0.3, 0.4) is 0 Å². The average molecular weight is 439 g/mol. The van der Waals surface area contributed by atoms with E-state index in [1.165, 1.54) is 35.0 Å². The second-order valence-electron chi connectivity index (χ2n) is 6.93. The van der Waals surface area contributed by atoms with Gasteiger partial charge in [-0.15, -0.1) is 0 Å². The molecule has 0 unspecified atom stereocenters. The lowest BCUT2D eigenvalue weighted by molar-refractivity contribution is -0.137. The molecular weight excluding hydrogens is 421 g/mol. The Bertz CT molecular complexity index is 1160. The van der Waals surface area contributed by atoms with Crippen molar-refractivity contribution in [3.05, 3.63) is 75.2 Å². The molecule has 30 heavy (non-hydrogen) atoms. The quantitative estimate of drug-likeness (QED) is 0.626. The Balaban J connectivity index is 1.90. The van der Waals surface area contributed by atoms with E-state index >= 15 is 0 Å². The maximum absolute atomic E-state index is 12.9. The number of hydrogen-bond acceptors (Lipinski definition) is 3. The standard InChI is InChI=1S/C21H18ClF3N2O3/c1-12(28)11-27-8-7-15-16(20(27)30)5-6-17(22)19(15)26-18(29)10-13-3-2-4-14(9-13)21(23,24)25/h2-9,12,28H,10-11H2,1H3,(H,26,29)/t12-/m1/s1. The zero-order valence-corrected chi connectivity index (χ0v) is 16.6. The van der Waals surface area contributed by atoms with E-state index in [1.807, 2.05) is 0 Å². The van der Waals surface area contributed by atoms with Gasteiger partial charge in [-0.2, -0.15) is 13.2 Å². The fraction of sp³-hybridized carbons (Fsp3) is 0.238. The van der Waals surface area contributed by atoms with E-state index in [0.717, 1.165) is 12.1 Å². The molecule has 0 aliphatic carbocycles. The third-order valence-corrected chi connectivity index (χ3v) is 4.77. The predicted molar refractivity (Wildman–Crippen MR) is 109 cm³/mol. The molecule has 1 atom stereocenters. The minimum absolute atomic E-state index is 0.106. The van der Waals surface area contributed by atoms with Crippen molar-refractivity contribution in [2.45, 2.75) is 32.2 Å². The SMILES string of the molecule is C[C@@H](O)Cn1ccc2c(NC(=O)Cc3cccc(C(F)(F)F)c3)c(Cl)ccc2c1=O. The van der Waals surface area contributed by atoms with Gasteiger partial charge in [0.1, 0.15) is 0 Å². The Labute approximate surface area is 174 Å². The van der Waals surface area contributed by atoms with Gasteiger partial charge < -0.3 is 15.0 Å². The fourth-order valence-corrected chi connectivity index (χ4v) is 3.33. The lowest BCUT2D eigenvalue weighted by Crippen LogP contribution is -2.25. The Morgan fingerprint density at radius 2 is 1.93 bits per heavy atom. The smallest absolute Gasteiger partial charge is 0.392 e. The largest absolute Gasteiger partial charge is 0.416 e. The number of hydrogen-bond donors (Lipinski definition) is 2. The lowest BCUT2D eigenvalue weighted by atomic mass is 10.1. The predicted octanol–water partition coefficient (Wildman–Crippen LogP) is 4.24. The molecule has 0 bridgehead atoms. The van der Waals surface area contributed by atoms with Crippen LogP contribution in [0.1, 0.15) is 18.1 Å². The summed E-state index contributed by atoms with van der Waals surface area (Å²) in [5.74, 6) is -0.572. The number of pyridine rings is 1. The second kappa shape index (κ2) is 8.49. The molecule has 0 spiro atoms. The summed E-state index contributed by atoms with van der Waals surface area (Å²) in [6.45, 7) is 1.66. The normalized spacial score (nSPS) is 12.7. The third-order valence-electron chi connectivity index (χ3n) is 4.45. The molecule has 158 valence electrons. The Morgan fingerprint density at radius 1 is 1.20 bits per heavy atom. The van der Waals surface area contributed by atoms with Crippen LogP contribution in [0.15, 0.2) is 53.5 Å². The zero-order chi connectivity index (χ0) is 22.1. The molecule has 0 saturated heterocycles. The Kier molecular flexibility index (Phi) is 6.19. The summed E-state index contributed by atoms with van der Waals surface area (Å²) in [7, 11) is 0. The molecule has 0 aliphatic heterocycles. The summed E-state index contributed by atoms with van der Waals surface area (Å²) in [5, 5.41) is 13.0. The number of alkyl halides is 3. The van der Waals surface area contributed by atoms with Crippen LogP contribution in [-0.2, 0) is 23.9 Å². The van der Waals surface area contributed by atoms with Crippen LogP contribution in [0.2, 0.25) is 5.02 Å².